The number of nitrogens with one attached hydrogen (secondary N) is 1. The Labute approximate surface area is 133 Å². The fourth-order valence-corrected chi connectivity index (χ4v) is 4.02. The van der Waals surface area contributed by atoms with E-state index in [4.69, 9.17) is 5.73 Å². The van der Waals surface area contributed by atoms with Crippen molar-refractivity contribution in [3.63, 3.8) is 0 Å². The van der Waals surface area contributed by atoms with E-state index in [1.165, 1.54) is 32.1 Å². The minimum atomic E-state index is -0.0750. The van der Waals surface area contributed by atoms with Crippen LogP contribution in [0.3, 0.4) is 0 Å². The van der Waals surface area contributed by atoms with Crippen molar-refractivity contribution in [2.24, 2.45) is 0 Å². The molecule has 3 nitrogen and oxygen atoms in total. The zero-order chi connectivity index (χ0) is 14.6. The van der Waals surface area contributed by atoms with Gasteiger partial charge in [0.05, 0.1) is 5.56 Å². The van der Waals surface area contributed by atoms with Gasteiger partial charge in [-0.3, -0.25) is 4.79 Å². The van der Waals surface area contributed by atoms with Gasteiger partial charge in [-0.15, -0.1) is 0 Å². The van der Waals surface area contributed by atoms with Gasteiger partial charge in [-0.25, -0.2) is 0 Å². The summed E-state index contributed by atoms with van der Waals surface area (Å²) in [4.78, 5) is 12.3. The highest BCUT2D eigenvalue weighted by atomic mass is 79.9. The predicted molar refractivity (Wildman–Crippen MR) is 90.2 cm³/mol. The van der Waals surface area contributed by atoms with Crippen LogP contribution in [0.25, 0.3) is 0 Å². The zero-order valence-corrected chi connectivity index (χ0v) is 14.1. The van der Waals surface area contributed by atoms with E-state index >= 15 is 0 Å². The quantitative estimate of drug-likeness (QED) is 0.806. The highest BCUT2D eigenvalue weighted by molar-refractivity contribution is 9.10. The molecule has 0 heterocycles. The van der Waals surface area contributed by atoms with Crippen molar-refractivity contribution in [2.45, 2.75) is 36.9 Å². The molecule has 1 saturated carbocycles. The number of anilines is 1. The molecule has 0 atom stereocenters. The lowest BCUT2D eigenvalue weighted by molar-refractivity contribution is 0.0948. The van der Waals surface area contributed by atoms with Gasteiger partial charge in [-0.2, -0.15) is 11.8 Å². The molecular weight excluding hydrogens is 336 g/mol. The number of carbonyl (C=O) groups is 1. The van der Waals surface area contributed by atoms with E-state index in [0.717, 1.165) is 11.0 Å². The Kier molecular flexibility index (Phi) is 5.38. The summed E-state index contributed by atoms with van der Waals surface area (Å²) in [5.41, 5.74) is 6.97. The fourth-order valence-electron chi connectivity index (χ4n) is 2.73. The molecule has 1 amide bonds. The van der Waals surface area contributed by atoms with Crippen molar-refractivity contribution >= 4 is 39.3 Å². The summed E-state index contributed by atoms with van der Waals surface area (Å²) >= 11 is 5.24. The minimum absolute atomic E-state index is 0.0750. The smallest absolute Gasteiger partial charge is 0.253 e. The minimum Gasteiger partial charge on any atom is -0.398 e. The summed E-state index contributed by atoms with van der Waals surface area (Å²) in [6.45, 7) is 0.725. The van der Waals surface area contributed by atoms with Crippen LogP contribution in [0.4, 0.5) is 5.69 Å². The molecule has 0 radical (unpaired) electrons. The van der Waals surface area contributed by atoms with Gasteiger partial charge in [-0.1, -0.05) is 35.2 Å². The molecule has 1 aromatic carbocycles. The van der Waals surface area contributed by atoms with Crippen LogP contribution in [0.1, 0.15) is 42.5 Å². The highest BCUT2D eigenvalue weighted by Gasteiger charge is 2.31. The lowest BCUT2D eigenvalue weighted by atomic mass is 9.88. The molecule has 0 bridgehead atoms. The van der Waals surface area contributed by atoms with Gasteiger partial charge in [-0.05, 0) is 37.3 Å². The second-order valence-corrected chi connectivity index (χ2v) is 7.55. The molecule has 1 fully saturated rings. The summed E-state index contributed by atoms with van der Waals surface area (Å²) in [6.07, 6.45) is 8.35. The molecule has 1 aliphatic rings. The van der Waals surface area contributed by atoms with E-state index in [1.807, 2.05) is 17.8 Å². The predicted octanol–water partition coefficient (Wildman–Crippen LogP) is 3.83. The average Bonchev–Trinajstić information content (AvgIpc) is 2.46. The van der Waals surface area contributed by atoms with Crippen LogP contribution in [-0.4, -0.2) is 23.5 Å². The number of thioether (sulfide) groups is 1. The van der Waals surface area contributed by atoms with E-state index in [0.29, 0.717) is 11.3 Å². The second kappa shape index (κ2) is 6.85. The van der Waals surface area contributed by atoms with E-state index < -0.39 is 0 Å². The maximum Gasteiger partial charge on any atom is 0.253 e. The number of nitrogens with two attached hydrogens (primary N) is 1. The van der Waals surface area contributed by atoms with Crippen LogP contribution >= 0.6 is 27.7 Å². The van der Waals surface area contributed by atoms with E-state index in [9.17, 15) is 4.79 Å². The van der Waals surface area contributed by atoms with Crippen LogP contribution in [-0.2, 0) is 0 Å². The van der Waals surface area contributed by atoms with E-state index in [1.54, 1.807) is 12.1 Å². The molecule has 20 heavy (non-hydrogen) atoms. The number of hydrogen-bond donors (Lipinski definition) is 2. The SMILES string of the molecule is CSC1(CNC(=O)c2ccc(Br)cc2N)CCCCC1. The molecule has 1 aromatic rings. The molecule has 0 aromatic heterocycles. The van der Waals surface area contributed by atoms with E-state index in [2.05, 4.69) is 27.5 Å². The maximum absolute atomic E-state index is 12.3. The second-order valence-electron chi connectivity index (χ2n) is 5.36. The third kappa shape index (κ3) is 3.70. The number of nitrogen functional groups attached to an aromatic ring is 1. The number of carbonyl (C=O) groups excluding carboxylic acids is 1. The normalized spacial score (nSPS) is 17.7. The third-order valence-electron chi connectivity index (χ3n) is 4.03. The Hall–Kier alpha value is -0.680. The van der Waals surface area contributed by atoms with Gasteiger partial charge in [0.25, 0.3) is 5.91 Å². The Morgan fingerprint density at radius 3 is 2.70 bits per heavy atom. The van der Waals surface area contributed by atoms with Crippen molar-refractivity contribution < 1.29 is 4.79 Å². The van der Waals surface area contributed by atoms with Crippen molar-refractivity contribution in [2.75, 3.05) is 18.5 Å². The Bertz CT molecular complexity index is 487. The molecule has 3 N–H and O–H groups in total. The first-order valence-electron chi connectivity index (χ1n) is 6.95. The Morgan fingerprint density at radius 1 is 1.40 bits per heavy atom. The standard InChI is InChI=1S/C15H21BrN2OS/c1-20-15(7-3-2-4-8-15)10-18-14(19)12-6-5-11(16)9-13(12)17/h5-6,9H,2-4,7-8,10,17H2,1H3,(H,18,19). The first-order chi connectivity index (χ1) is 9.56. The molecule has 110 valence electrons. The van der Waals surface area contributed by atoms with Gasteiger partial charge in [0.15, 0.2) is 0 Å². The summed E-state index contributed by atoms with van der Waals surface area (Å²) in [5, 5.41) is 3.07. The number of hydrogen-bond acceptors (Lipinski definition) is 3. The zero-order valence-electron chi connectivity index (χ0n) is 11.7. The maximum atomic E-state index is 12.3. The molecule has 0 unspecified atom stereocenters. The molecule has 2 rings (SSSR count). The lowest BCUT2D eigenvalue weighted by Gasteiger charge is -2.35. The van der Waals surface area contributed by atoms with Crippen LogP contribution in [0, 0.1) is 0 Å². The number of benzene rings is 1. The molecule has 0 spiro atoms. The summed E-state index contributed by atoms with van der Waals surface area (Å²) in [7, 11) is 0. The number of halogens is 1. The first-order valence-corrected chi connectivity index (χ1v) is 8.96. The van der Waals surface area contributed by atoms with Gasteiger partial charge in [0.1, 0.15) is 0 Å². The average molecular weight is 357 g/mol. The lowest BCUT2D eigenvalue weighted by Crippen LogP contribution is -2.41. The topological polar surface area (TPSA) is 55.1 Å². The van der Waals surface area contributed by atoms with Crippen molar-refractivity contribution in [3.8, 4) is 0 Å². The number of amides is 1. The Morgan fingerprint density at radius 2 is 2.10 bits per heavy atom. The third-order valence-corrected chi connectivity index (χ3v) is 5.94. The number of rotatable bonds is 4. The van der Waals surface area contributed by atoms with Gasteiger partial charge >= 0.3 is 0 Å². The monoisotopic (exact) mass is 356 g/mol. The fraction of sp³-hybridized carbons (Fsp3) is 0.533. The molecule has 0 aliphatic heterocycles. The molecule has 0 saturated heterocycles. The van der Waals surface area contributed by atoms with Crippen molar-refractivity contribution in [1.29, 1.82) is 0 Å². The van der Waals surface area contributed by atoms with Gasteiger partial charge in [0.2, 0.25) is 0 Å². The van der Waals surface area contributed by atoms with Crippen molar-refractivity contribution in [1.82, 2.24) is 5.32 Å². The largest absolute Gasteiger partial charge is 0.398 e. The van der Waals surface area contributed by atoms with Crippen LogP contribution in [0.5, 0.6) is 0 Å². The van der Waals surface area contributed by atoms with Gasteiger partial charge in [0, 0.05) is 21.5 Å². The summed E-state index contributed by atoms with van der Waals surface area (Å²) in [5.74, 6) is -0.0750. The highest BCUT2D eigenvalue weighted by Crippen LogP contribution is 2.38. The van der Waals surface area contributed by atoms with E-state index in [-0.39, 0.29) is 10.7 Å². The Balaban J connectivity index is 2.00. The van der Waals surface area contributed by atoms with Crippen molar-refractivity contribution in [3.05, 3.63) is 28.2 Å². The molecular formula is C15H21BrN2OS. The molecule has 1 aliphatic carbocycles. The summed E-state index contributed by atoms with van der Waals surface area (Å²) < 4.78 is 1.09. The first kappa shape index (κ1) is 15.7. The van der Waals surface area contributed by atoms with Crippen LogP contribution in [0.15, 0.2) is 22.7 Å². The van der Waals surface area contributed by atoms with Crippen LogP contribution in [0.2, 0.25) is 0 Å². The summed E-state index contributed by atoms with van der Waals surface area (Å²) in [6, 6.07) is 5.37. The molecule has 5 heteroatoms. The van der Waals surface area contributed by atoms with Gasteiger partial charge < -0.3 is 11.1 Å². The van der Waals surface area contributed by atoms with Crippen LogP contribution < -0.4 is 11.1 Å².